The van der Waals surface area contributed by atoms with Crippen molar-refractivity contribution in [1.29, 1.82) is 0 Å². The Hall–Kier alpha value is -2.04. The molecule has 0 aliphatic carbocycles. The van der Waals surface area contributed by atoms with Gasteiger partial charge in [-0.1, -0.05) is 19.1 Å². The first-order chi connectivity index (χ1) is 9.02. The third kappa shape index (κ3) is 5.42. The normalized spacial score (nSPS) is 11.5. The predicted molar refractivity (Wildman–Crippen MR) is 74.1 cm³/mol. The number of para-hydroxylation sites is 2. The number of hydrogen-bond acceptors (Lipinski definition) is 3. The minimum Gasteiger partial charge on any atom is -0.482 e. The molecule has 2 N–H and O–H groups in total. The van der Waals surface area contributed by atoms with Crippen LogP contribution in [0.25, 0.3) is 0 Å². The van der Waals surface area contributed by atoms with E-state index >= 15 is 0 Å². The lowest BCUT2D eigenvalue weighted by atomic mass is 10.2. The van der Waals surface area contributed by atoms with Crippen LogP contribution in [0.5, 0.6) is 5.75 Å². The Kier molecular flexibility index (Phi) is 5.85. The largest absolute Gasteiger partial charge is 0.482 e. The van der Waals surface area contributed by atoms with Crippen LogP contribution in [0.2, 0.25) is 0 Å². The monoisotopic (exact) mass is 264 g/mol. The summed E-state index contributed by atoms with van der Waals surface area (Å²) in [6.45, 7) is 5.29. The summed E-state index contributed by atoms with van der Waals surface area (Å²) in [4.78, 5) is 22.6. The van der Waals surface area contributed by atoms with Gasteiger partial charge in [0.1, 0.15) is 5.75 Å². The van der Waals surface area contributed by atoms with E-state index in [1.807, 2.05) is 13.8 Å². The number of amides is 2. The van der Waals surface area contributed by atoms with Crippen LogP contribution in [-0.4, -0.2) is 24.5 Å². The Balaban J connectivity index is 2.57. The molecule has 1 atom stereocenters. The molecule has 0 saturated carbocycles. The zero-order valence-corrected chi connectivity index (χ0v) is 11.5. The van der Waals surface area contributed by atoms with Crippen molar-refractivity contribution in [2.45, 2.75) is 33.2 Å². The average Bonchev–Trinajstić information content (AvgIpc) is 2.37. The minimum atomic E-state index is -0.180. The molecule has 5 nitrogen and oxygen atoms in total. The van der Waals surface area contributed by atoms with Crippen LogP contribution in [0.15, 0.2) is 24.3 Å². The number of hydrogen-bond donors (Lipinski definition) is 2. The Morgan fingerprint density at radius 1 is 1.32 bits per heavy atom. The number of carbonyl (C=O) groups is 2. The van der Waals surface area contributed by atoms with Gasteiger partial charge in [0.25, 0.3) is 5.91 Å². The summed E-state index contributed by atoms with van der Waals surface area (Å²) in [6.07, 6.45) is 0.869. The predicted octanol–water partition coefficient (Wildman–Crippen LogP) is 1.94. The topological polar surface area (TPSA) is 67.4 Å². The lowest BCUT2D eigenvalue weighted by Crippen LogP contribution is -2.35. The molecule has 104 valence electrons. The van der Waals surface area contributed by atoms with Crippen molar-refractivity contribution in [3.8, 4) is 5.75 Å². The van der Waals surface area contributed by atoms with Gasteiger partial charge < -0.3 is 15.4 Å². The highest BCUT2D eigenvalue weighted by molar-refractivity contribution is 5.90. The zero-order valence-electron chi connectivity index (χ0n) is 11.5. The summed E-state index contributed by atoms with van der Waals surface area (Å²) in [6, 6.07) is 7.14. The number of rotatable bonds is 6. The Morgan fingerprint density at radius 2 is 2.00 bits per heavy atom. The van der Waals surface area contributed by atoms with Gasteiger partial charge in [0.15, 0.2) is 6.61 Å². The molecule has 0 aromatic heterocycles. The summed E-state index contributed by atoms with van der Waals surface area (Å²) in [7, 11) is 0. The van der Waals surface area contributed by atoms with E-state index in [0.29, 0.717) is 11.4 Å². The van der Waals surface area contributed by atoms with Crippen LogP contribution in [0, 0.1) is 0 Å². The summed E-state index contributed by atoms with van der Waals surface area (Å²) >= 11 is 0. The van der Waals surface area contributed by atoms with Crippen molar-refractivity contribution in [3.05, 3.63) is 24.3 Å². The molecule has 19 heavy (non-hydrogen) atoms. The number of anilines is 1. The van der Waals surface area contributed by atoms with Crippen molar-refractivity contribution < 1.29 is 14.3 Å². The van der Waals surface area contributed by atoms with Crippen molar-refractivity contribution >= 4 is 17.5 Å². The van der Waals surface area contributed by atoms with Gasteiger partial charge >= 0.3 is 0 Å². The summed E-state index contributed by atoms with van der Waals surface area (Å²) < 4.78 is 5.42. The summed E-state index contributed by atoms with van der Waals surface area (Å²) in [5.74, 6) is 0.129. The second-order valence-electron chi connectivity index (χ2n) is 4.34. The van der Waals surface area contributed by atoms with E-state index < -0.39 is 0 Å². The first-order valence-electron chi connectivity index (χ1n) is 6.31. The second-order valence-corrected chi connectivity index (χ2v) is 4.34. The molecule has 1 aromatic carbocycles. The molecule has 0 aliphatic rings. The molecule has 1 aromatic rings. The molecule has 0 saturated heterocycles. The lowest BCUT2D eigenvalue weighted by Gasteiger charge is -2.14. The van der Waals surface area contributed by atoms with E-state index in [1.54, 1.807) is 24.3 Å². The van der Waals surface area contributed by atoms with Crippen LogP contribution >= 0.6 is 0 Å². The van der Waals surface area contributed by atoms with Crippen LogP contribution in [0.3, 0.4) is 0 Å². The Labute approximate surface area is 113 Å². The third-order valence-electron chi connectivity index (χ3n) is 2.58. The molecule has 0 radical (unpaired) electrons. The van der Waals surface area contributed by atoms with E-state index in [2.05, 4.69) is 10.6 Å². The molecular weight excluding hydrogens is 244 g/mol. The molecule has 0 heterocycles. The SMILES string of the molecule is CC[C@@H](C)NC(=O)COc1ccccc1NC(C)=O. The minimum absolute atomic E-state index is 0.0685. The van der Waals surface area contributed by atoms with Crippen molar-refractivity contribution in [2.24, 2.45) is 0 Å². The van der Waals surface area contributed by atoms with Gasteiger partial charge in [-0.3, -0.25) is 9.59 Å². The Morgan fingerprint density at radius 3 is 2.63 bits per heavy atom. The summed E-state index contributed by atoms with van der Waals surface area (Å²) in [5.41, 5.74) is 0.561. The van der Waals surface area contributed by atoms with Gasteiger partial charge in [-0.15, -0.1) is 0 Å². The van der Waals surface area contributed by atoms with E-state index in [-0.39, 0.29) is 24.5 Å². The van der Waals surface area contributed by atoms with Crippen molar-refractivity contribution in [1.82, 2.24) is 5.32 Å². The van der Waals surface area contributed by atoms with Gasteiger partial charge in [-0.25, -0.2) is 0 Å². The van der Waals surface area contributed by atoms with Crippen LogP contribution in [-0.2, 0) is 9.59 Å². The van der Waals surface area contributed by atoms with Gasteiger partial charge in [-0.2, -0.15) is 0 Å². The van der Waals surface area contributed by atoms with Crippen LogP contribution in [0.1, 0.15) is 27.2 Å². The molecule has 2 amide bonds. The van der Waals surface area contributed by atoms with E-state index in [4.69, 9.17) is 4.74 Å². The zero-order chi connectivity index (χ0) is 14.3. The fourth-order valence-electron chi connectivity index (χ4n) is 1.45. The lowest BCUT2D eigenvalue weighted by molar-refractivity contribution is -0.123. The number of nitrogens with one attached hydrogen (secondary N) is 2. The van der Waals surface area contributed by atoms with E-state index in [0.717, 1.165) is 6.42 Å². The van der Waals surface area contributed by atoms with Gasteiger partial charge in [-0.05, 0) is 25.5 Å². The van der Waals surface area contributed by atoms with Crippen molar-refractivity contribution in [2.75, 3.05) is 11.9 Å². The number of ether oxygens (including phenoxy) is 1. The second kappa shape index (κ2) is 7.41. The molecule has 0 aliphatic heterocycles. The maximum atomic E-state index is 11.6. The standard InChI is InChI=1S/C14H20N2O3/c1-4-10(2)15-14(18)9-19-13-8-6-5-7-12(13)16-11(3)17/h5-8,10H,4,9H2,1-3H3,(H,15,18)(H,16,17)/t10-/m1/s1. The van der Waals surface area contributed by atoms with Crippen LogP contribution in [0.4, 0.5) is 5.69 Å². The summed E-state index contributed by atoms with van der Waals surface area (Å²) in [5, 5.41) is 5.46. The highest BCUT2D eigenvalue weighted by Crippen LogP contribution is 2.23. The fourth-order valence-corrected chi connectivity index (χ4v) is 1.45. The highest BCUT2D eigenvalue weighted by atomic mass is 16.5. The quantitative estimate of drug-likeness (QED) is 0.825. The van der Waals surface area contributed by atoms with Gasteiger partial charge in [0, 0.05) is 13.0 Å². The molecule has 0 spiro atoms. The van der Waals surface area contributed by atoms with Gasteiger partial charge in [0.05, 0.1) is 5.69 Å². The number of carbonyl (C=O) groups excluding carboxylic acids is 2. The molecule has 0 bridgehead atoms. The molecule has 0 fully saturated rings. The Bertz CT molecular complexity index is 446. The molecule has 0 unspecified atom stereocenters. The number of benzene rings is 1. The van der Waals surface area contributed by atoms with E-state index in [9.17, 15) is 9.59 Å². The molecule has 1 rings (SSSR count). The fraction of sp³-hybridized carbons (Fsp3) is 0.429. The van der Waals surface area contributed by atoms with Gasteiger partial charge in [0.2, 0.25) is 5.91 Å². The van der Waals surface area contributed by atoms with E-state index in [1.165, 1.54) is 6.92 Å². The first kappa shape index (κ1) is 15.0. The van der Waals surface area contributed by atoms with Crippen LogP contribution < -0.4 is 15.4 Å². The maximum Gasteiger partial charge on any atom is 0.258 e. The highest BCUT2D eigenvalue weighted by Gasteiger charge is 2.09. The average molecular weight is 264 g/mol. The first-order valence-corrected chi connectivity index (χ1v) is 6.31. The smallest absolute Gasteiger partial charge is 0.258 e. The molecular formula is C14H20N2O3. The third-order valence-corrected chi connectivity index (χ3v) is 2.58. The van der Waals surface area contributed by atoms with Crippen molar-refractivity contribution in [3.63, 3.8) is 0 Å². The molecule has 5 heteroatoms. The maximum absolute atomic E-state index is 11.6.